The zero-order valence-electron chi connectivity index (χ0n) is 14.4. The van der Waals surface area contributed by atoms with E-state index in [2.05, 4.69) is 19.2 Å². The summed E-state index contributed by atoms with van der Waals surface area (Å²) in [7, 11) is 0. The van der Waals surface area contributed by atoms with E-state index < -0.39 is 5.92 Å². The predicted molar refractivity (Wildman–Crippen MR) is 97.7 cm³/mol. The van der Waals surface area contributed by atoms with Gasteiger partial charge in [-0.15, -0.1) is 0 Å². The molecule has 2 N–H and O–H groups in total. The molecule has 0 aromatic heterocycles. The van der Waals surface area contributed by atoms with E-state index in [0.717, 1.165) is 11.3 Å². The summed E-state index contributed by atoms with van der Waals surface area (Å²) in [6.07, 6.45) is 0.172. The molecule has 2 aromatic carbocycles. The van der Waals surface area contributed by atoms with Crippen molar-refractivity contribution < 1.29 is 14.7 Å². The first kappa shape index (κ1) is 17.0. The van der Waals surface area contributed by atoms with Crippen LogP contribution in [-0.4, -0.2) is 23.5 Å². The fourth-order valence-corrected chi connectivity index (χ4v) is 3.00. The maximum absolute atomic E-state index is 12.5. The fraction of sp³-hybridized carbons (Fsp3) is 0.300. The van der Waals surface area contributed by atoms with Crippen molar-refractivity contribution in [3.8, 4) is 5.75 Å². The number of nitrogens with zero attached hydrogens (tertiary/aromatic N) is 1. The third-order valence-corrected chi connectivity index (χ3v) is 4.51. The molecule has 0 saturated carbocycles. The molecule has 1 atom stereocenters. The first-order valence-electron chi connectivity index (χ1n) is 8.45. The first-order valence-corrected chi connectivity index (χ1v) is 8.45. The molecule has 1 saturated heterocycles. The van der Waals surface area contributed by atoms with Gasteiger partial charge in [0.2, 0.25) is 11.8 Å². The van der Waals surface area contributed by atoms with Crippen molar-refractivity contribution in [2.45, 2.75) is 26.2 Å². The molecule has 5 nitrogen and oxygen atoms in total. The third kappa shape index (κ3) is 3.65. The van der Waals surface area contributed by atoms with E-state index in [1.165, 1.54) is 6.07 Å². The lowest BCUT2D eigenvalue weighted by Crippen LogP contribution is -2.28. The molecule has 1 fully saturated rings. The summed E-state index contributed by atoms with van der Waals surface area (Å²) in [5.41, 5.74) is 2.35. The minimum atomic E-state index is -0.435. The Hall–Kier alpha value is -2.82. The smallest absolute Gasteiger partial charge is 0.229 e. The van der Waals surface area contributed by atoms with Gasteiger partial charge in [-0.05, 0) is 35.7 Å². The highest BCUT2D eigenvalue weighted by Gasteiger charge is 2.35. The number of benzene rings is 2. The van der Waals surface area contributed by atoms with E-state index in [1.54, 1.807) is 23.1 Å². The average Bonchev–Trinajstić information content (AvgIpc) is 2.99. The average molecular weight is 338 g/mol. The molecule has 0 radical (unpaired) electrons. The molecule has 1 unspecified atom stereocenters. The Morgan fingerprint density at radius 2 is 1.96 bits per heavy atom. The highest BCUT2D eigenvalue weighted by Crippen LogP contribution is 2.29. The van der Waals surface area contributed by atoms with E-state index in [9.17, 15) is 14.7 Å². The van der Waals surface area contributed by atoms with Crippen LogP contribution < -0.4 is 10.2 Å². The lowest BCUT2D eigenvalue weighted by molar-refractivity contribution is -0.122. The number of amides is 2. The van der Waals surface area contributed by atoms with Gasteiger partial charge in [0.25, 0.3) is 0 Å². The Morgan fingerprint density at radius 3 is 2.68 bits per heavy atom. The molecule has 2 aromatic rings. The first-order chi connectivity index (χ1) is 12.0. The third-order valence-electron chi connectivity index (χ3n) is 4.51. The zero-order valence-corrected chi connectivity index (χ0v) is 14.4. The Labute approximate surface area is 147 Å². The van der Waals surface area contributed by atoms with Crippen molar-refractivity contribution in [2.24, 2.45) is 5.92 Å². The molecule has 25 heavy (non-hydrogen) atoms. The Kier molecular flexibility index (Phi) is 4.74. The number of hydrogen-bond acceptors (Lipinski definition) is 3. The molecule has 130 valence electrons. The lowest BCUT2D eigenvalue weighted by Gasteiger charge is -2.18. The molecule has 0 aliphatic carbocycles. The number of anilines is 2. The van der Waals surface area contributed by atoms with Crippen molar-refractivity contribution in [1.29, 1.82) is 0 Å². The van der Waals surface area contributed by atoms with Gasteiger partial charge in [0.1, 0.15) is 5.75 Å². The van der Waals surface area contributed by atoms with Gasteiger partial charge in [0, 0.05) is 18.7 Å². The number of para-hydroxylation sites is 2. The van der Waals surface area contributed by atoms with E-state index >= 15 is 0 Å². The van der Waals surface area contributed by atoms with Crippen LogP contribution in [0.5, 0.6) is 5.75 Å². The summed E-state index contributed by atoms with van der Waals surface area (Å²) >= 11 is 0. The Balaban J connectivity index is 1.73. The highest BCUT2D eigenvalue weighted by molar-refractivity contribution is 6.03. The predicted octanol–water partition coefficient (Wildman–Crippen LogP) is 3.51. The molecule has 1 aliphatic heterocycles. The van der Waals surface area contributed by atoms with E-state index in [4.69, 9.17) is 0 Å². The van der Waals surface area contributed by atoms with E-state index in [0.29, 0.717) is 18.2 Å². The van der Waals surface area contributed by atoms with E-state index in [1.807, 2.05) is 24.3 Å². The van der Waals surface area contributed by atoms with Crippen molar-refractivity contribution in [2.75, 3.05) is 16.8 Å². The zero-order chi connectivity index (χ0) is 18.0. The van der Waals surface area contributed by atoms with Crippen LogP contribution in [0.2, 0.25) is 0 Å². The van der Waals surface area contributed by atoms with Crippen molar-refractivity contribution in [3.05, 3.63) is 54.1 Å². The largest absolute Gasteiger partial charge is 0.506 e. The van der Waals surface area contributed by atoms with Crippen molar-refractivity contribution in [1.82, 2.24) is 0 Å². The van der Waals surface area contributed by atoms with Crippen molar-refractivity contribution in [3.63, 3.8) is 0 Å². The Morgan fingerprint density at radius 1 is 1.20 bits per heavy atom. The van der Waals surface area contributed by atoms with Crippen LogP contribution in [0.3, 0.4) is 0 Å². The molecule has 3 rings (SSSR count). The van der Waals surface area contributed by atoms with Crippen LogP contribution >= 0.6 is 0 Å². The number of phenols is 1. The molecule has 0 bridgehead atoms. The molecule has 2 amide bonds. The molecule has 5 heteroatoms. The molecule has 0 spiro atoms. The van der Waals surface area contributed by atoms with Crippen LogP contribution in [0.4, 0.5) is 11.4 Å². The summed E-state index contributed by atoms with van der Waals surface area (Å²) in [5.74, 6) is -0.356. The quantitative estimate of drug-likeness (QED) is 0.838. The minimum Gasteiger partial charge on any atom is -0.506 e. The number of carbonyl (C=O) groups is 2. The van der Waals surface area contributed by atoms with Gasteiger partial charge >= 0.3 is 0 Å². The normalized spacial score (nSPS) is 17.2. The Bertz CT molecular complexity index is 801. The van der Waals surface area contributed by atoms with Crippen LogP contribution in [0.1, 0.15) is 31.7 Å². The van der Waals surface area contributed by atoms with Gasteiger partial charge in [-0.3, -0.25) is 9.59 Å². The van der Waals surface area contributed by atoms with Crippen LogP contribution in [0.25, 0.3) is 0 Å². The van der Waals surface area contributed by atoms with Gasteiger partial charge in [-0.1, -0.05) is 38.1 Å². The second-order valence-electron chi connectivity index (χ2n) is 6.66. The second kappa shape index (κ2) is 6.97. The fourth-order valence-electron chi connectivity index (χ4n) is 3.00. The number of carbonyl (C=O) groups excluding carboxylic acids is 2. The number of rotatable bonds is 4. The molecule has 1 heterocycles. The SMILES string of the molecule is CC(C)c1cccc(N2CC(C(=O)Nc3ccccc3O)CC2=O)c1. The van der Waals surface area contributed by atoms with Gasteiger partial charge in [0.15, 0.2) is 0 Å². The van der Waals surface area contributed by atoms with Gasteiger partial charge in [-0.2, -0.15) is 0 Å². The van der Waals surface area contributed by atoms with Crippen LogP contribution in [-0.2, 0) is 9.59 Å². The molecular weight excluding hydrogens is 316 g/mol. The number of hydrogen-bond donors (Lipinski definition) is 2. The van der Waals surface area contributed by atoms with Crippen molar-refractivity contribution >= 4 is 23.2 Å². The standard InChI is InChI=1S/C20H22N2O3/c1-13(2)14-6-5-7-16(10-14)22-12-15(11-19(22)24)20(25)21-17-8-3-4-9-18(17)23/h3-10,13,15,23H,11-12H2,1-2H3,(H,21,25). The van der Waals surface area contributed by atoms with Gasteiger partial charge < -0.3 is 15.3 Å². The summed E-state index contributed by atoms with van der Waals surface area (Å²) in [4.78, 5) is 26.5. The van der Waals surface area contributed by atoms with Gasteiger partial charge in [0.05, 0.1) is 11.6 Å². The van der Waals surface area contributed by atoms with Crippen LogP contribution in [0.15, 0.2) is 48.5 Å². The summed E-state index contributed by atoms with van der Waals surface area (Å²) < 4.78 is 0. The molecule has 1 aliphatic rings. The number of aromatic hydroxyl groups is 1. The topological polar surface area (TPSA) is 69.6 Å². The maximum Gasteiger partial charge on any atom is 0.229 e. The van der Waals surface area contributed by atoms with Crippen LogP contribution in [0, 0.1) is 5.92 Å². The highest BCUT2D eigenvalue weighted by atomic mass is 16.3. The summed E-state index contributed by atoms with van der Waals surface area (Å²) in [6.45, 7) is 4.56. The second-order valence-corrected chi connectivity index (χ2v) is 6.66. The minimum absolute atomic E-state index is 0.0154. The monoisotopic (exact) mass is 338 g/mol. The van der Waals surface area contributed by atoms with Gasteiger partial charge in [-0.25, -0.2) is 0 Å². The number of phenolic OH excluding ortho intramolecular Hbond substituents is 1. The lowest BCUT2D eigenvalue weighted by atomic mass is 10.0. The number of nitrogens with one attached hydrogen (secondary N) is 1. The molecular formula is C20H22N2O3. The van der Waals surface area contributed by atoms with E-state index in [-0.39, 0.29) is 24.0 Å². The summed E-state index contributed by atoms with van der Waals surface area (Å²) in [6, 6.07) is 14.4. The maximum atomic E-state index is 12.5. The summed E-state index contributed by atoms with van der Waals surface area (Å²) in [5, 5.41) is 12.5.